The van der Waals surface area contributed by atoms with Crippen molar-refractivity contribution in [3.05, 3.63) is 12.7 Å². The Labute approximate surface area is 77.1 Å². The third-order valence-corrected chi connectivity index (χ3v) is 2.41. The minimum absolute atomic E-state index is 0.0554. The van der Waals surface area contributed by atoms with Crippen molar-refractivity contribution < 1.29 is 19.3 Å². The molecule has 0 aliphatic carbocycles. The predicted molar refractivity (Wildman–Crippen MR) is 45.4 cm³/mol. The van der Waals surface area contributed by atoms with Crippen LogP contribution in [0.15, 0.2) is 12.7 Å². The first-order valence-corrected chi connectivity index (χ1v) is 4.46. The highest BCUT2D eigenvalue weighted by Gasteiger charge is 2.47. The molecule has 0 aromatic heterocycles. The molecule has 0 saturated carbocycles. The van der Waals surface area contributed by atoms with E-state index in [1.165, 1.54) is 0 Å². The molecular weight excluding hydrogens is 172 g/mol. The second kappa shape index (κ2) is 3.75. The largest absolute Gasteiger partial charge is 0.388 e. The summed E-state index contributed by atoms with van der Waals surface area (Å²) in [5.41, 5.74) is 0. The molecule has 2 heterocycles. The molecule has 4 atom stereocenters. The van der Waals surface area contributed by atoms with Crippen molar-refractivity contribution in [2.45, 2.75) is 24.4 Å². The smallest absolute Gasteiger partial charge is 0.115 e. The number of rotatable bonds is 3. The van der Waals surface area contributed by atoms with Crippen LogP contribution < -0.4 is 0 Å². The van der Waals surface area contributed by atoms with Crippen LogP contribution >= 0.6 is 0 Å². The van der Waals surface area contributed by atoms with Gasteiger partial charge in [-0.2, -0.15) is 0 Å². The molecule has 0 bridgehead atoms. The quantitative estimate of drug-likeness (QED) is 0.616. The molecule has 0 amide bonds. The van der Waals surface area contributed by atoms with E-state index in [2.05, 4.69) is 6.58 Å². The van der Waals surface area contributed by atoms with Gasteiger partial charge in [-0.3, -0.25) is 0 Å². The van der Waals surface area contributed by atoms with Crippen LogP contribution in [-0.4, -0.2) is 49.3 Å². The normalized spacial score (nSPS) is 43.5. The molecule has 2 aliphatic heterocycles. The zero-order chi connectivity index (χ0) is 9.26. The van der Waals surface area contributed by atoms with Gasteiger partial charge in [0.2, 0.25) is 0 Å². The van der Waals surface area contributed by atoms with Gasteiger partial charge in [-0.1, -0.05) is 6.08 Å². The molecule has 13 heavy (non-hydrogen) atoms. The van der Waals surface area contributed by atoms with Gasteiger partial charge in [-0.25, -0.2) is 0 Å². The Morgan fingerprint density at radius 3 is 2.92 bits per heavy atom. The Balaban J connectivity index is 1.90. The molecule has 2 saturated heterocycles. The van der Waals surface area contributed by atoms with Crippen molar-refractivity contribution in [3.8, 4) is 0 Å². The molecule has 4 heteroatoms. The van der Waals surface area contributed by atoms with E-state index in [9.17, 15) is 5.11 Å². The number of ether oxygens (including phenoxy) is 3. The third-order valence-electron chi connectivity index (χ3n) is 2.41. The predicted octanol–water partition coefficient (Wildman–Crippen LogP) is -0.284. The zero-order valence-corrected chi connectivity index (χ0v) is 7.39. The Morgan fingerprint density at radius 2 is 2.15 bits per heavy atom. The summed E-state index contributed by atoms with van der Waals surface area (Å²) in [5, 5.41) is 9.42. The summed E-state index contributed by atoms with van der Waals surface area (Å²) in [6.07, 6.45) is 0.839. The molecular formula is C9H14O4. The lowest BCUT2D eigenvalue weighted by molar-refractivity contribution is -0.0279. The molecule has 0 radical (unpaired) electrons. The lowest BCUT2D eigenvalue weighted by atomic mass is 10.1. The monoisotopic (exact) mass is 186 g/mol. The third kappa shape index (κ3) is 1.62. The number of aliphatic hydroxyl groups is 1. The molecule has 2 aliphatic rings. The van der Waals surface area contributed by atoms with Crippen molar-refractivity contribution >= 4 is 0 Å². The summed E-state index contributed by atoms with van der Waals surface area (Å²) in [6, 6.07) is 0. The van der Waals surface area contributed by atoms with Crippen molar-refractivity contribution in [2.75, 3.05) is 19.8 Å². The molecule has 0 spiro atoms. The zero-order valence-electron chi connectivity index (χ0n) is 7.39. The fraction of sp³-hybridized carbons (Fsp3) is 0.778. The standard InChI is InChI=1S/C9H14O4/c1-2-3-11-7-5-13-8-6(10)4-12-9(7)8/h2,6-10H,1,3-5H2/t6-,7+,8+,9+/m1/s1. The van der Waals surface area contributed by atoms with Crippen LogP contribution in [0.4, 0.5) is 0 Å². The van der Waals surface area contributed by atoms with Gasteiger partial charge < -0.3 is 19.3 Å². The van der Waals surface area contributed by atoms with Gasteiger partial charge in [0.25, 0.3) is 0 Å². The first kappa shape index (κ1) is 9.15. The summed E-state index contributed by atoms with van der Waals surface area (Å²) >= 11 is 0. The van der Waals surface area contributed by atoms with E-state index in [0.29, 0.717) is 19.8 Å². The summed E-state index contributed by atoms with van der Waals surface area (Å²) in [4.78, 5) is 0. The maximum Gasteiger partial charge on any atom is 0.115 e. The second-order valence-electron chi connectivity index (χ2n) is 3.32. The summed E-state index contributed by atoms with van der Waals surface area (Å²) in [5.74, 6) is 0. The number of hydrogen-bond acceptors (Lipinski definition) is 4. The highest BCUT2D eigenvalue weighted by atomic mass is 16.6. The van der Waals surface area contributed by atoms with E-state index in [1.807, 2.05) is 0 Å². The highest BCUT2D eigenvalue weighted by Crippen LogP contribution is 2.28. The maximum atomic E-state index is 9.42. The minimum Gasteiger partial charge on any atom is -0.388 e. The topological polar surface area (TPSA) is 47.9 Å². The lowest BCUT2D eigenvalue weighted by Crippen LogP contribution is -2.32. The van der Waals surface area contributed by atoms with Gasteiger partial charge in [0, 0.05) is 0 Å². The van der Waals surface area contributed by atoms with Crippen LogP contribution in [0.25, 0.3) is 0 Å². The van der Waals surface area contributed by atoms with Gasteiger partial charge in [-0.15, -0.1) is 6.58 Å². The van der Waals surface area contributed by atoms with Crippen molar-refractivity contribution in [3.63, 3.8) is 0 Å². The number of hydrogen-bond donors (Lipinski definition) is 1. The van der Waals surface area contributed by atoms with E-state index in [-0.39, 0.29) is 18.3 Å². The van der Waals surface area contributed by atoms with Gasteiger partial charge in [0.05, 0.1) is 19.8 Å². The lowest BCUT2D eigenvalue weighted by Gasteiger charge is -2.15. The van der Waals surface area contributed by atoms with Crippen LogP contribution in [0.3, 0.4) is 0 Å². The molecule has 0 aromatic carbocycles. The molecule has 2 rings (SSSR count). The van der Waals surface area contributed by atoms with Crippen LogP contribution in [-0.2, 0) is 14.2 Å². The molecule has 2 fully saturated rings. The summed E-state index contributed by atoms with van der Waals surface area (Å²) in [6.45, 7) is 4.91. The van der Waals surface area contributed by atoms with Crippen LogP contribution in [0, 0.1) is 0 Å². The van der Waals surface area contributed by atoms with E-state index < -0.39 is 6.10 Å². The SMILES string of the molecule is C=CCO[C@H]1CO[C@@H]2[C@H]1OC[C@H]2O. The first-order chi connectivity index (χ1) is 6.33. The van der Waals surface area contributed by atoms with E-state index >= 15 is 0 Å². The molecule has 4 nitrogen and oxygen atoms in total. The average Bonchev–Trinajstić information content (AvgIpc) is 2.67. The first-order valence-electron chi connectivity index (χ1n) is 4.46. The van der Waals surface area contributed by atoms with Crippen LogP contribution in [0.5, 0.6) is 0 Å². The number of fused-ring (bicyclic) bond motifs is 1. The van der Waals surface area contributed by atoms with Gasteiger partial charge >= 0.3 is 0 Å². The highest BCUT2D eigenvalue weighted by molar-refractivity contribution is 4.95. The van der Waals surface area contributed by atoms with E-state index in [4.69, 9.17) is 14.2 Å². The minimum atomic E-state index is -0.498. The summed E-state index contributed by atoms with van der Waals surface area (Å²) in [7, 11) is 0. The van der Waals surface area contributed by atoms with Crippen molar-refractivity contribution in [2.24, 2.45) is 0 Å². The fourth-order valence-electron chi connectivity index (χ4n) is 1.78. The van der Waals surface area contributed by atoms with Crippen LogP contribution in [0.1, 0.15) is 0 Å². The Hall–Kier alpha value is -0.420. The Morgan fingerprint density at radius 1 is 1.38 bits per heavy atom. The molecule has 0 unspecified atom stereocenters. The Bertz CT molecular complexity index is 194. The average molecular weight is 186 g/mol. The van der Waals surface area contributed by atoms with Crippen molar-refractivity contribution in [1.29, 1.82) is 0 Å². The number of aliphatic hydroxyl groups excluding tert-OH is 1. The fourth-order valence-corrected chi connectivity index (χ4v) is 1.78. The van der Waals surface area contributed by atoms with Gasteiger partial charge in [0.1, 0.15) is 24.4 Å². The summed E-state index contributed by atoms with van der Waals surface area (Å²) < 4.78 is 16.2. The van der Waals surface area contributed by atoms with Gasteiger partial charge in [-0.05, 0) is 0 Å². The molecule has 1 N–H and O–H groups in total. The Kier molecular flexibility index (Phi) is 2.64. The molecule has 0 aromatic rings. The van der Waals surface area contributed by atoms with Crippen LogP contribution in [0.2, 0.25) is 0 Å². The molecule has 74 valence electrons. The van der Waals surface area contributed by atoms with Gasteiger partial charge in [0.15, 0.2) is 0 Å². The van der Waals surface area contributed by atoms with E-state index in [1.54, 1.807) is 6.08 Å². The van der Waals surface area contributed by atoms with Crippen molar-refractivity contribution in [1.82, 2.24) is 0 Å². The maximum absolute atomic E-state index is 9.42. The second-order valence-corrected chi connectivity index (χ2v) is 3.32. The van der Waals surface area contributed by atoms with E-state index in [0.717, 1.165) is 0 Å².